The van der Waals surface area contributed by atoms with E-state index in [4.69, 9.17) is 4.74 Å². The lowest BCUT2D eigenvalue weighted by Crippen LogP contribution is -2.36. The largest absolute Gasteiger partial charge is 0.496 e. The molecule has 0 unspecified atom stereocenters. The van der Waals surface area contributed by atoms with Gasteiger partial charge < -0.3 is 19.9 Å². The van der Waals surface area contributed by atoms with Crippen molar-refractivity contribution in [1.29, 1.82) is 0 Å². The molecule has 3 heterocycles. The smallest absolute Gasteiger partial charge is 0.329 e. The van der Waals surface area contributed by atoms with Crippen molar-refractivity contribution in [2.45, 2.75) is 19.0 Å². The Bertz CT molecular complexity index is 1050. The molecule has 1 atom stereocenters. The molecule has 0 radical (unpaired) electrons. The predicted octanol–water partition coefficient (Wildman–Crippen LogP) is 0.932. The number of rotatable bonds is 5. The first-order valence-electron chi connectivity index (χ1n) is 8.98. The van der Waals surface area contributed by atoms with Gasteiger partial charge in [-0.3, -0.25) is 14.3 Å². The van der Waals surface area contributed by atoms with Crippen molar-refractivity contribution >= 4 is 16.7 Å². The number of aromatic nitrogens is 3. The number of hydrogen-bond donors (Lipinski definition) is 3. The van der Waals surface area contributed by atoms with E-state index in [0.717, 1.165) is 46.3 Å². The van der Waals surface area contributed by atoms with Gasteiger partial charge in [-0.1, -0.05) is 6.07 Å². The van der Waals surface area contributed by atoms with Crippen LogP contribution in [0.5, 0.6) is 5.75 Å². The van der Waals surface area contributed by atoms with Gasteiger partial charge >= 0.3 is 5.69 Å². The number of hydrogen-bond acceptors (Lipinski definition) is 5. The first kappa shape index (κ1) is 17.4. The minimum Gasteiger partial charge on any atom is -0.496 e. The highest BCUT2D eigenvalue weighted by Crippen LogP contribution is 2.29. The summed E-state index contributed by atoms with van der Waals surface area (Å²) in [5.74, 6) is 1.46. The molecule has 8 nitrogen and oxygen atoms in total. The summed E-state index contributed by atoms with van der Waals surface area (Å²) in [6, 6.07) is 7.88. The van der Waals surface area contributed by atoms with Crippen molar-refractivity contribution < 1.29 is 4.74 Å². The number of H-pyrrole nitrogens is 2. The van der Waals surface area contributed by atoms with Crippen LogP contribution in [0, 0.1) is 0 Å². The Balaban J connectivity index is 1.45. The van der Waals surface area contributed by atoms with E-state index in [1.807, 2.05) is 17.2 Å². The van der Waals surface area contributed by atoms with Gasteiger partial charge in [0.15, 0.2) is 0 Å². The fraction of sp³-hybridized carbons (Fsp3) is 0.368. The first-order chi connectivity index (χ1) is 13.1. The lowest BCUT2D eigenvalue weighted by Gasteiger charge is -2.19. The first-order valence-corrected chi connectivity index (χ1v) is 8.98. The molecule has 4 rings (SSSR count). The quantitative estimate of drug-likeness (QED) is 0.622. The molecule has 142 valence electrons. The molecular formula is C19H23N5O3. The summed E-state index contributed by atoms with van der Waals surface area (Å²) in [5, 5.41) is 4.63. The van der Waals surface area contributed by atoms with Crippen LogP contribution in [0.25, 0.3) is 10.9 Å². The fourth-order valence-electron chi connectivity index (χ4n) is 3.64. The molecule has 1 saturated heterocycles. The van der Waals surface area contributed by atoms with Gasteiger partial charge in [-0.25, -0.2) is 4.79 Å². The maximum absolute atomic E-state index is 11.8. The summed E-state index contributed by atoms with van der Waals surface area (Å²) >= 11 is 0. The molecule has 1 fully saturated rings. The molecule has 27 heavy (non-hydrogen) atoms. The third-order valence-corrected chi connectivity index (χ3v) is 5.21. The van der Waals surface area contributed by atoms with Gasteiger partial charge in [-0.15, -0.1) is 0 Å². The molecule has 8 heteroatoms. The van der Waals surface area contributed by atoms with Crippen molar-refractivity contribution in [3.05, 3.63) is 56.9 Å². The highest BCUT2D eigenvalue weighted by molar-refractivity contribution is 5.87. The number of fused-ring (bicyclic) bond motifs is 1. The fourth-order valence-corrected chi connectivity index (χ4v) is 3.64. The zero-order chi connectivity index (χ0) is 19.0. The number of aromatic amines is 2. The molecule has 1 aliphatic rings. The topological polar surface area (TPSA) is 95.2 Å². The Morgan fingerprint density at radius 1 is 1.30 bits per heavy atom. The molecule has 0 amide bonds. The van der Waals surface area contributed by atoms with E-state index in [9.17, 15) is 9.59 Å². The predicted molar refractivity (Wildman–Crippen MR) is 105 cm³/mol. The van der Waals surface area contributed by atoms with Crippen LogP contribution in [-0.4, -0.2) is 40.8 Å². The highest BCUT2D eigenvalue weighted by atomic mass is 16.5. The molecule has 2 aromatic heterocycles. The average Bonchev–Trinajstić information content (AvgIpc) is 3.32. The maximum Gasteiger partial charge on any atom is 0.329 e. The Kier molecular flexibility index (Phi) is 4.49. The lowest BCUT2D eigenvalue weighted by atomic mass is 10.1. The van der Waals surface area contributed by atoms with Gasteiger partial charge in [0.1, 0.15) is 11.6 Å². The lowest BCUT2D eigenvalue weighted by molar-refractivity contribution is 0.411. The van der Waals surface area contributed by atoms with Crippen molar-refractivity contribution in [3.8, 4) is 5.75 Å². The van der Waals surface area contributed by atoms with Crippen LogP contribution in [0.2, 0.25) is 0 Å². The summed E-state index contributed by atoms with van der Waals surface area (Å²) in [5.41, 5.74) is 1.47. The van der Waals surface area contributed by atoms with Crippen molar-refractivity contribution in [2.75, 3.05) is 25.1 Å². The van der Waals surface area contributed by atoms with Crippen molar-refractivity contribution in [2.24, 2.45) is 7.05 Å². The van der Waals surface area contributed by atoms with Gasteiger partial charge in [0.05, 0.1) is 7.11 Å². The Morgan fingerprint density at radius 2 is 2.15 bits per heavy atom. The minimum atomic E-state index is -0.390. The Morgan fingerprint density at radius 3 is 2.93 bits per heavy atom. The molecule has 1 aromatic carbocycles. The molecule has 1 aliphatic heterocycles. The van der Waals surface area contributed by atoms with Crippen LogP contribution in [-0.2, 0) is 13.6 Å². The standard InChI is InChI=1S/C19H23N5O3/c1-23-17(25)9-16(22-19(23)26)24-8-6-13(11-24)21-10-12-3-4-15-14(5-7-20-15)18(12)27-2/h3-5,7,9,13,20-21H,6,8,10-11H2,1-2H3,(H,22,26)/t13-/m1/s1. The number of ether oxygens (including phenoxy) is 1. The summed E-state index contributed by atoms with van der Waals surface area (Å²) in [7, 11) is 3.16. The highest BCUT2D eigenvalue weighted by Gasteiger charge is 2.24. The summed E-state index contributed by atoms with van der Waals surface area (Å²) in [6.45, 7) is 2.21. The average molecular weight is 369 g/mol. The second kappa shape index (κ2) is 6.96. The third-order valence-electron chi connectivity index (χ3n) is 5.21. The van der Waals surface area contributed by atoms with E-state index < -0.39 is 5.69 Å². The number of nitrogens with one attached hydrogen (secondary N) is 3. The second-order valence-electron chi connectivity index (χ2n) is 6.87. The summed E-state index contributed by atoms with van der Waals surface area (Å²) < 4.78 is 6.68. The van der Waals surface area contributed by atoms with Crippen LogP contribution in [0.3, 0.4) is 0 Å². The van der Waals surface area contributed by atoms with E-state index in [2.05, 4.69) is 27.4 Å². The third kappa shape index (κ3) is 3.23. The normalized spacial score (nSPS) is 17.0. The van der Waals surface area contributed by atoms with E-state index >= 15 is 0 Å². The van der Waals surface area contributed by atoms with Crippen LogP contribution < -0.4 is 26.2 Å². The number of anilines is 1. The van der Waals surface area contributed by atoms with Crippen molar-refractivity contribution in [3.63, 3.8) is 0 Å². The monoisotopic (exact) mass is 369 g/mol. The molecule has 3 N–H and O–H groups in total. The van der Waals surface area contributed by atoms with Crippen LogP contribution in [0.15, 0.2) is 40.1 Å². The van der Waals surface area contributed by atoms with Gasteiger partial charge in [0.25, 0.3) is 5.56 Å². The van der Waals surface area contributed by atoms with Crippen LogP contribution >= 0.6 is 0 Å². The zero-order valence-electron chi connectivity index (χ0n) is 15.4. The van der Waals surface area contributed by atoms with Crippen LogP contribution in [0.1, 0.15) is 12.0 Å². The molecule has 0 spiro atoms. The SMILES string of the molecule is COc1c(CN[C@@H]2CCN(c3cc(=O)n(C)c(=O)[nH]3)C2)ccc2[nH]ccc12. The molecule has 0 bridgehead atoms. The number of nitrogens with zero attached hydrogens (tertiary/aromatic N) is 2. The van der Waals surface area contributed by atoms with Gasteiger partial charge in [0, 0.05) is 61.5 Å². The number of methoxy groups -OCH3 is 1. The minimum absolute atomic E-state index is 0.268. The van der Waals surface area contributed by atoms with Gasteiger partial charge in [-0.2, -0.15) is 0 Å². The maximum atomic E-state index is 11.8. The molecule has 0 aliphatic carbocycles. The summed E-state index contributed by atoms with van der Waals surface area (Å²) in [6.07, 6.45) is 2.84. The van der Waals surface area contributed by atoms with E-state index in [-0.39, 0.29) is 11.6 Å². The summed E-state index contributed by atoms with van der Waals surface area (Å²) in [4.78, 5) is 31.7. The Labute approximate surface area is 155 Å². The van der Waals surface area contributed by atoms with E-state index in [1.54, 1.807) is 7.11 Å². The van der Waals surface area contributed by atoms with Crippen molar-refractivity contribution in [1.82, 2.24) is 19.9 Å². The zero-order valence-corrected chi connectivity index (χ0v) is 15.4. The molecule has 3 aromatic rings. The number of benzene rings is 1. The molecule has 0 saturated carbocycles. The van der Waals surface area contributed by atoms with E-state index in [0.29, 0.717) is 12.4 Å². The second-order valence-corrected chi connectivity index (χ2v) is 6.87. The Hall–Kier alpha value is -3.00. The van der Waals surface area contributed by atoms with E-state index in [1.165, 1.54) is 13.1 Å². The van der Waals surface area contributed by atoms with Gasteiger partial charge in [0.2, 0.25) is 0 Å². The van der Waals surface area contributed by atoms with Gasteiger partial charge in [-0.05, 0) is 18.6 Å². The molecular weight excluding hydrogens is 346 g/mol. The van der Waals surface area contributed by atoms with Crippen LogP contribution in [0.4, 0.5) is 5.82 Å².